The van der Waals surface area contributed by atoms with E-state index in [1.54, 1.807) is 6.92 Å². The summed E-state index contributed by atoms with van der Waals surface area (Å²) >= 11 is 0. The van der Waals surface area contributed by atoms with Gasteiger partial charge in [-0.1, -0.05) is 17.7 Å². The van der Waals surface area contributed by atoms with Gasteiger partial charge in [0.2, 0.25) is 0 Å². The maximum atomic E-state index is 11.3. The Kier molecular flexibility index (Phi) is 2.99. The fourth-order valence-electron chi connectivity index (χ4n) is 2.66. The first-order chi connectivity index (χ1) is 7.61. The lowest BCUT2D eigenvalue weighted by atomic mass is 10.0. The molecule has 1 heterocycles. The molecule has 2 rings (SSSR count). The van der Waals surface area contributed by atoms with Crippen molar-refractivity contribution in [3.8, 4) is 0 Å². The first kappa shape index (κ1) is 11.2. The Hall–Kier alpha value is -1.31. The van der Waals surface area contributed by atoms with E-state index in [-0.39, 0.29) is 5.78 Å². The third kappa shape index (κ3) is 1.97. The quantitative estimate of drug-likeness (QED) is 0.776. The van der Waals surface area contributed by atoms with Gasteiger partial charge in [0.05, 0.1) is 0 Å². The molecule has 16 heavy (non-hydrogen) atoms. The molecule has 1 aliphatic heterocycles. The number of rotatable bonds is 3. The standard InChI is InChI=1S/C14H19NO/c1-4-15-13(8-11(3)16)9-12-7-10(2)5-6-14(12)15/h5-7,13H,4,8-9H2,1-3H3. The normalized spacial score (nSPS) is 18.7. The highest BCUT2D eigenvalue weighted by Crippen LogP contribution is 2.33. The number of hydrogen-bond donors (Lipinski definition) is 0. The molecule has 1 unspecified atom stereocenters. The van der Waals surface area contributed by atoms with Crippen molar-refractivity contribution >= 4 is 11.5 Å². The summed E-state index contributed by atoms with van der Waals surface area (Å²) in [6.07, 6.45) is 1.69. The van der Waals surface area contributed by atoms with Gasteiger partial charge in [-0.05, 0) is 38.8 Å². The number of carbonyl (C=O) groups is 1. The molecule has 0 saturated carbocycles. The first-order valence-corrected chi connectivity index (χ1v) is 5.97. The molecular weight excluding hydrogens is 198 g/mol. The Bertz CT molecular complexity index is 411. The van der Waals surface area contributed by atoms with Crippen LogP contribution in [0.2, 0.25) is 0 Å². The van der Waals surface area contributed by atoms with Crippen molar-refractivity contribution in [2.24, 2.45) is 0 Å². The highest BCUT2D eigenvalue weighted by Gasteiger charge is 2.28. The van der Waals surface area contributed by atoms with Crippen molar-refractivity contribution in [1.29, 1.82) is 0 Å². The molecule has 0 aromatic heterocycles. The van der Waals surface area contributed by atoms with Crippen LogP contribution in [-0.2, 0) is 11.2 Å². The Balaban J connectivity index is 2.28. The van der Waals surface area contributed by atoms with Crippen LogP contribution in [0.3, 0.4) is 0 Å². The van der Waals surface area contributed by atoms with Crippen LogP contribution in [0.25, 0.3) is 0 Å². The summed E-state index contributed by atoms with van der Waals surface area (Å²) in [6.45, 7) is 6.94. The number of aryl methyl sites for hydroxylation is 1. The molecule has 0 saturated heterocycles. The minimum atomic E-state index is 0.285. The monoisotopic (exact) mass is 217 g/mol. The highest BCUT2D eigenvalue weighted by atomic mass is 16.1. The highest BCUT2D eigenvalue weighted by molar-refractivity contribution is 5.77. The topological polar surface area (TPSA) is 20.3 Å². The van der Waals surface area contributed by atoms with E-state index in [0.717, 1.165) is 13.0 Å². The van der Waals surface area contributed by atoms with E-state index in [1.807, 2.05) is 0 Å². The number of carbonyl (C=O) groups excluding carboxylic acids is 1. The predicted molar refractivity (Wildman–Crippen MR) is 67.0 cm³/mol. The fraction of sp³-hybridized carbons (Fsp3) is 0.500. The van der Waals surface area contributed by atoms with E-state index < -0.39 is 0 Å². The number of fused-ring (bicyclic) bond motifs is 1. The van der Waals surface area contributed by atoms with Crippen LogP contribution in [-0.4, -0.2) is 18.4 Å². The lowest BCUT2D eigenvalue weighted by molar-refractivity contribution is -0.117. The molecule has 0 bridgehead atoms. The Morgan fingerprint density at radius 3 is 2.88 bits per heavy atom. The summed E-state index contributed by atoms with van der Waals surface area (Å²) in [4.78, 5) is 13.6. The zero-order chi connectivity index (χ0) is 11.7. The summed E-state index contributed by atoms with van der Waals surface area (Å²) in [5.74, 6) is 0.285. The molecule has 0 spiro atoms. The lowest BCUT2D eigenvalue weighted by Crippen LogP contribution is -2.33. The van der Waals surface area contributed by atoms with E-state index in [4.69, 9.17) is 0 Å². The first-order valence-electron chi connectivity index (χ1n) is 5.97. The largest absolute Gasteiger partial charge is 0.368 e. The molecule has 0 N–H and O–H groups in total. The van der Waals surface area contributed by atoms with Gasteiger partial charge in [-0.3, -0.25) is 4.79 Å². The molecule has 1 atom stereocenters. The van der Waals surface area contributed by atoms with Gasteiger partial charge in [-0.15, -0.1) is 0 Å². The van der Waals surface area contributed by atoms with Gasteiger partial charge < -0.3 is 4.90 Å². The third-order valence-electron chi connectivity index (χ3n) is 3.30. The SMILES string of the molecule is CCN1c2ccc(C)cc2CC1CC(C)=O. The van der Waals surface area contributed by atoms with Gasteiger partial charge in [-0.2, -0.15) is 0 Å². The molecule has 1 aliphatic rings. The maximum Gasteiger partial charge on any atom is 0.131 e. The van der Waals surface area contributed by atoms with Crippen LogP contribution < -0.4 is 4.90 Å². The number of benzene rings is 1. The third-order valence-corrected chi connectivity index (χ3v) is 3.30. The summed E-state index contributed by atoms with van der Waals surface area (Å²) < 4.78 is 0. The maximum absolute atomic E-state index is 11.3. The summed E-state index contributed by atoms with van der Waals surface area (Å²) in [7, 11) is 0. The fourth-order valence-corrected chi connectivity index (χ4v) is 2.66. The lowest BCUT2D eigenvalue weighted by Gasteiger charge is -2.25. The second-order valence-electron chi connectivity index (χ2n) is 4.68. The smallest absolute Gasteiger partial charge is 0.131 e. The van der Waals surface area contributed by atoms with Crippen LogP contribution >= 0.6 is 0 Å². The summed E-state index contributed by atoms with van der Waals surface area (Å²) in [5, 5.41) is 0. The average Bonchev–Trinajstić information content (AvgIpc) is 2.52. The summed E-state index contributed by atoms with van der Waals surface area (Å²) in [6, 6.07) is 6.96. The van der Waals surface area contributed by atoms with Crippen LogP contribution in [0.15, 0.2) is 18.2 Å². The molecule has 0 amide bonds. The van der Waals surface area contributed by atoms with E-state index in [0.29, 0.717) is 12.5 Å². The Labute approximate surface area is 97.3 Å². The molecule has 0 radical (unpaired) electrons. The van der Waals surface area contributed by atoms with Crippen molar-refractivity contribution < 1.29 is 4.79 Å². The molecule has 0 fully saturated rings. The van der Waals surface area contributed by atoms with Gasteiger partial charge in [0.15, 0.2) is 0 Å². The van der Waals surface area contributed by atoms with Gasteiger partial charge in [0, 0.05) is 24.7 Å². The van der Waals surface area contributed by atoms with Crippen LogP contribution in [0.4, 0.5) is 5.69 Å². The van der Waals surface area contributed by atoms with Gasteiger partial charge in [0.25, 0.3) is 0 Å². The minimum Gasteiger partial charge on any atom is -0.368 e. The molecule has 2 nitrogen and oxygen atoms in total. The van der Waals surface area contributed by atoms with Gasteiger partial charge in [0.1, 0.15) is 5.78 Å². The zero-order valence-corrected chi connectivity index (χ0v) is 10.3. The minimum absolute atomic E-state index is 0.285. The van der Waals surface area contributed by atoms with E-state index in [2.05, 4.69) is 36.9 Å². The second-order valence-corrected chi connectivity index (χ2v) is 4.68. The molecule has 1 aromatic carbocycles. The van der Waals surface area contributed by atoms with Crippen molar-refractivity contribution in [2.45, 2.75) is 39.7 Å². The molecular formula is C14H19NO. The van der Waals surface area contributed by atoms with Gasteiger partial charge >= 0.3 is 0 Å². The van der Waals surface area contributed by atoms with E-state index in [1.165, 1.54) is 16.8 Å². The Morgan fingerprint density at radius 2 is 2.25 bits per heavy atom. The zero-order valence-electron chi connectivity index (χ0n) is 10.3. The Morgan fingerprint density at radius 1 is 1.50 bits per heavy atom. The van der Waals surface area contributed by atoms with Gasteiger partial charge in [-0.25, -0.2) is 0 Å². The number of hydrogen-bond acceptors (Lipinski definition) is 2. The molecule has 2 heteroatoms. The van der Waals surface area contributed by atoms with E-state index >= 15 is 0 Å². The predicted octanol–water partition coefficient (Wildman–Crippen LogP) is 2.73. The molecule has 0 aliphatic carbocycles. The van der Waals surface area contributed by atoms with Crippen molar-refractivity contribution in [3.05, 3.63) is 29.3 Å². The van der Waals surface area contributed by atoms with Crippen LogP contribution in [0.1, 0.15) is 31.4 Å². The summed E-state index contributed by atoms with van der Waals surface area (Å²) in [5.41, 5.74) is 4.02. The van der Waals surface area contributed by atoms with Crippen molar-refractivity contribution in [2.75, 3.05) is 11.4 Å². The number of ketones is 1. The second kappa shape index (κ2) is 4.28. The van der Waals surface area contributed by atoms with Crippen LogP contribution in [0, 0.1) is 6.92 Å². The molecule has 1 aromatic rings. The van der Waals surface area contributed by atoms with Crippen molar-refractivity contribution in [3.63, 3.8) is 0 Å². The van der Waals surface area contributed by atoms with E-state index in [9.17, 15) is 4.79 Å². The van der Waals surface area contributed by atoms with Crippen molar-refractivity contribution in [1.82, 2.24) is 0 Å². The number of nitrogens with zero attached hydrogens (tertiary/aromatic N) is 1. The molecule has 86 valence electrons. The average molecular weight is 217 g/mol. The number of anilines is 1. The number of Topliss-reactive ketones (excluding diaryl/α,β-unsaturated/α-hetero) is 1. The van der Waals surface area contributed by atoms with Crippen LogP contribution in [0.5, 0.6) is 0 Å². The number of likely N-dealkylation sites (N-methyl/N-ethyl adjacent to an activating group) is 1.